The summed E-state index contributed by atoms with van der Waals surface area (Å²) in [5.41, 5.74) is 0.816. The molecule has 0 radical (unpaired) electrons. The van der Waals surface area contributed by atoms with Crippen molar-refractivity contribution in [2.24, 2.45) is 0 Å². The van der Waals surface area contributed by atoms with Crippen LogP contribution in [0.3, 0.4) is 0 Å². The fourth-order valence-corrected chi connectivity index (χ4v) is 1.77. The van der Waals surface area contributed by atoms with Crippen LogP contribution in [0.4, 0.5) is 4.39 Å². The van der Waals surface area contributed by atoms with Gasteiger partial charge in [0.25, 0.3) is 0 Å². The van der Waals surface area contributed by atoms with Gasteiger partial charge in [0.15, 0.2) is 0 Å². The summed E-state index contributed by atoms with van der Waals surface area (Å²) < 4.78 is 18.3. The number of aliphatic hydroxyl groups excluding tert-OH is 2. The Balaban J connectivity index is 2.16. The van der Waals surface area contributed by atoms with Gasteiger partial charge in [0, 0.05) is 0 Å². The van der Waals surface area contributed by atoms with Gasteiger partial charge in [-0.3, -0.25) is 0 Å². The molecule has 3 nitrogen and oxygen atoms in total. The lowest BCUT2D eigenvalue weighted by molar-refractivity contribution is -0.00965. The van der Waals surface area contributed by atoms with Crippen molar-refractivity contribution in [3.8, 4) is 5.75 Å². The van der Waals surface area contributed by atoms with Crippen LogP contribution in [-0.2, 0) is 6.42 Å². The van der Waals surface area contributed by atoms with Crippen molar-refractivity contribution in [3.63, 3.8) is 0 Å². The molecule has 0 saturated carbocycles. The van der Waals surface area contributed by atoms with Crippen LogP contribution in [0, 0.1) is 5.82 Å². The molecule has 2 rings (SSSR count). The first-order valence-corrected chi connectivity index (χ1v) is 4.94. The number of rotatable bonds is 2. The Morgan fingerprint density at radius 3 is 3.07 bits per heavy atom. The number of ether oxygens (including phenoxy) is 1. The lowest BCUT2D eigenvalue weighted by atomic mass is 9.99. The van der Waals surface area contributed by atoms with E-state index in [2.05, 4.69) is 0 Å². The predicted molar refractivity (Wildman–Crippen MR) is 52.2 cm³/mol. The summed E-state index contributed by atoms with van der Waals surface area (Å²) in [6.07, 6.45) is -0.0105. The zero-order valence-corrected chi connectivity index (χ0v) is 8.19. The predicted octanol–water partition coefficient (Wildman–Crippen LogP) is 0.872. The Morgan fingerprint density at radius 1 is 1.53 bits per heavy atom. The van der Waals surface area contributed by atoms with Gasteiger partial charge in [-0.2, -0.15) is 0 Å². The maximum atomic E-state index is 12.9. The molecule has 0 fully saturated rings. The molecule has 0 aromatic heterocycles. The van der Waals surface area contributed by atoms with E-state index in [1.807, 2.05) is 0 Å². The van der Waals surface area contributed by atoms with Crippen LogP contribution in [0.1, 0.15) is 12.0 Å². The Morgan fingerprint density at radius 2 is 2.33 bits per heavy atom. The van der Waals surface area contributed by atoms with Gasteiger partial charge in [-0.15, -0.1) is 0 Å². The van der Waals surface area contributed by atoms with E-state index in [9.17, 15) is 9.50 Å². The summed E-state index contributed by atoms with van der Waals surface area (Å²) >= 11 is 0. The van der Waals surface area contributed by atoms with Crippen LogP contribution in [0.25, 0.3) is 0 Å². The number of hydrogen-bond donors (Lipinski definition) is 2. The number of fused-ring (bicyclic) bond motifs is 1. The van der Waals surface area contributed by atoms with Gasteiger partial charge < -0.3 is 14.9 Å². The number of halogens is 1. The van der Waals surface area contributed by atoms with Gasteiger partial charge >= 0.3 is 0 Å². The highest BCUT2D eigenvalue weighted by molar-refractivity contribution is 5.35. The van der Waals surface area contributed by atoms with Crippen LogP contribution >= 0.6 is 0 Å². The third kappa shape index (κ3) is 2.11. The smallest absolute Gasteiger partial charge is 0.127 e. The molecule has 1 aliphatic heterocycles. The van der Waals surface area contributed by atoms with Crippen molar-refractivity contribution in [3.05, 3.63) is 29.6 Å². The molecular formula is C11H13FO3. The second-order valence-electron chi connectivity index (χ2n) is 3.70. The average molecular weight is 212 g/mol. The topological polar surface area (TPSA) is 49.7 Å². The normalized spacial score (nSPS) is 21.7. The first-order valence-electron chi connectivity index (χ1n) is 4.94. The standard InChI is InChI=1S/C11H13FO3/c12-8-2-4-10-7(5-8)1-3-11(15-10)9(14)6-13/h2,4-5,9,11,13-14H,1,3,6H2/t9-,11?/m0/s1. The molecule has 1 aromatic carbocycles. The zero-order chi connectivity index (χ0) is 10.8. The van der Waals surface area contributed by atoms with Crippen LogP contribution in [0.5, 0.6) is 5.75 Å². The molecule has 82 valence electrons. The molecule has 1 heterocycles. The van der Waals surface area contributed by atoms with E-state index in [0.717, 1.165) is 5.56 Å². The molecule has 1 aliphatic rings. The highest BCUT2D eigenvalue weighted by atomic mass is 19.1. The van der Waals surface area contributed by atoms with Crippen molar-refractivity contribution < 1.29 is 19.3 Å². The summed E-state index contributed by atoms with van der Waals surface area (Å²) in [6, 6.07) is 4.32. The second-order valence-corrected chi connectivity index (χ2v) is 3.70. The van der Waals surface area contributed by atoms with Gasteiger partial charge in [0.05, 0.1) is 6.61 Å². The molecule has 0 spiro atoms. The molecule has 0 bridgehead atoms. The van der Waals surface area contributed by atoms with E-state index >= 15 is 0 Å². The molecule has 15 heavy (non-hydrogen) atoms. The zero-order valence-electron chi connectivity index (χ0n) is 8.19. The van der Waals surface area contributed by atoms with Gasteiger partial charge in [-0.25, -0.2) is 4.39 Å². The van der Waals surface area contributed by atoms with E-state index in [-0.39, 0.29) is 12.4 Å². The maximum Gasteiger partial charge on any atom is 0.127 e. The molecule has 0 aliphatic carbocycles. The monoisotopic (exact) mass is 212 g/mol. The SMILES string of the molecule is OC[C@H](O)C1CCc2cc(F)ccc2O1. The minimum Gasteiger partial charge on any atom is -0.487 e. The number of aryl methyl sites for hydroxylation is 1. The molecule has 2 N–H and O–H groups in total. The molecular weight excluding hydrogens is 199 g/mol. The Bertz CT molecular complexity index is 354. The van der Waals surface area contributed by atoms with Crippen LogP contribution < -0.4 is 4.74 Å². The Hall–Kier alpha value is -1.13. The fourth-order valence-electron chi connectivity index (χ4n) is 1.77. The average Bonchev–Trinajstić information content (AvgIpc) is 2.27. The molecule has 4 heteroatoms. The van der Waals surface area contributed by atoms with Gasteiger partial charge in [-0.05, 0) is 36.6 Å². The highest BCUT2D eigenvalue weighted by Gasteiger charge is 2.25. The third-order valence-electron chi connectivity index (χ3n) is 2.62. The van der Waals surface area contributed by atoms with Crippen LogP contribution in [0.2, 0.25) is 0 Å². The van der Waals surface area contributed by atoms with E-state index in [1.54, 1.807) is 6.07 Å². The molecule has 0 saturated heterocycles. The van der Waals surface area contributed by atoms with Gasteiger partial charge in [-0.1, -0.05) is 0 Å². The number of benzene rings is 1. The minimum atomic E-state index is -0.872. The summed E-state index contributed by atoms with van der Waals surface area (Å²) in [5, 5.41) is 18.2. The van der Waals surface area contributed by atoms with Crippen molar-refractivity contribution in [1.82, 2.24) is 0 Å². The largest absolute Gasteiger partial charge is 0.487 e. The van der Waals surface area contributed by atoms with Crippen molar-refractivity contribution in [2.75, 3.05) is 6.61 Å². The Kier molecular flexibility index (Phi) is 2.88. The van der Waals surface area contributed by atoms with E-state index < -0.39 is 12.2 Å². The second kappa shape index (κ2) is 4.16. The summed E-state index contributed by atoms with van der Waals surface area (Å²) in [6.45, 7) is -0.318. The molecule has 2 atom stereocenters. The van der Waals surface area contributed by atoms with Crippen molar-refractivity contribution >= 4 is 0 Å². The van der Waals surface area contributed by atoms with Gasteiger partial charge in [0.2, 0.25) is 0 Å². The van der Waals surface area contributed by atoms with Crippen LogP contribution in [0.15, 0.2) is 18.2 Å². The molecule has 1 unspecified atom stereocenters. The number of hydrogen-bond acceptors (Lipinski definition) is 3. The van der Waals surface area contributed by atoms with E-state index in [1.165, 1.54) is 12.1 Å². The first kappa shape index (κ1) is 10.4. The summed E-state index contributed by atoms with van der Waals surface area (Å²) in [7, 11) is 0. The summed E-state index contributed by atoms with van der Waals surface area (Å²) in [5.74, 6) is 0.318. The van der Waals surface area contributed by atoms with Crippen LogP contribution in [-0.4, -0.2) is 29.0 Å². The third-order valence-corrected chi connectivity index (χ3v) is 2.62. The molecule has 1 aromatic rings. The van der Waals surface area contributed by atoms with Gasteiger partial charge in [0.1, 0.15) is 23.8 Å². The van der Waals surface area contributed by atoms with E-state index in [0.29, 0.717) is 18.6 Å². The lowest BCUT2D eigenvalue weighted by Crippen LogP contribution is -2.37. The number of aliphatic hydroxyl groups is 2. The van der Waals surface area contributed by atoms with E-state index in [4.69, 9.17) is 9.84 Å². The quantitative estimate of drug-likeness (QED) is 0.764. The van der Waals surface area contributed by atoms with Crippen molar-refractivity contribution in [1.29, 1.82) is 0 Å². The minimum absolute atomic E-state index is 0.279. The first-order chi connectivity index (χ1) is 7.20. The maximum absolute atomic E-state index is 12.9. The Labute approximate surface area is 87.1 Å². The fraction of sp³-hybridized carbons (Fsp3) is 0.455. The lowest BCUT2D eigenvalue weighted by Gasteiger charge is -2.28. The summed E-state index contributed by atoms with van der Waals surface area (Å²) in [4.78, 5) is 0. The highest BCUT2D eigenvalue weighted by Crippen LogP contribution is 2.29. The molecule has 0 amide bonds. The van der Waals surface area contributed by atoms with Crippen molar-refractivity contribution in [2.45, 2.75) is 25.0 Å².